The van der Waals surface area contributed by atoms with Crippen molar-refractivity contribution in [1.82, 2.24) is 14.5 Å². The zero-order valence-corrected chi connectivity index (χ0v) is 14.8. The number of nitrogens with one attached hydrogen (secondary N) is 1. The fraction of sp³-hybridized carbons (Fsp3) is 0.412. The molecule has 0 unspecified atom stereocenters. The minimum absolute atomic E-state index is 0.152. The molecule has 1 fully saturated rings. The Morgan fingerprint density at radius 1 is 1.50 bits per heavy atom. The van der Waals surface area contributed by atoms with Gasteiger partial charge in [-0.25, -0.2) is 9.78 Å². The Morgan fingerprint density at radius 3 is 2.83 bits per heavy atom. The average Bonchev–Trinajstić information content (AvgIpc) is 3.31. The van der Waals surface area contributed by atoms with Gasteiger partial charge in [0, 0.05) is 36.6 Å². The maximum Gasteiger partial charge on any atom is 0.322 e. The van der Waals surface area contributed by atoms with Crippen molar-refractivity contribution in [3.05, 3.63) is 40.9 Å². The number of hydrogen-bond acceptors (Lipinski definition) is 3. The normalized spacial score (nSPS) is 13.7. The summed E-state index contributed by atoms with van der Waals surface area (Å²) in [5.41, 5.74) is 1.50. The largest absolute Gasteiger partial charge is 0.495 e. The van der Waals surface area contributed by atoms with E-state index >= 15 is 0 Å². The summed E-state index contributed by atoms with van der Waals surface area (Å²) in [5.74, 6) is 1.41. The van der Waals surface area contributed by atoms with Crippen LogP contribution >= 0.6 is 11.6 Å². The van der Waals surface area contributed by atoms with E-state index in [4.69, 9.17) is 16.3 Å². The maximum absolute atomic E-state index is 12.8. The fourth-order valence-corrected chi connectivity index (χ4v) is 2.72. The van der Waals surface area contributed by atoms with Gasteiger partial charge in [0.25, 0.3) is 0 Å². The van der Waals surface area contributed by atoms with Crippen molar-refractivity contribution in [3.63, 3.8) is 0 Å². The van der Waals surface area contributed by atoms with Crippen LogP contribution in [-0.2, 0) is 13.6 Å². The van der Waals surface area contributed by atoms with E-state index in [1.807, 2.05) is 35.7 Å². The molecule has 1 aliphatic rings. The van der Waals surface area contributed by atoms with E-state index in [-0.39, 0.29) is 12.1 Å². The maximum atomic E-state index is 12.8. The van der Waals surface area contributed by atoms with Crippen LogP contribution in [0.3, 0.4) is 0 Å². The van der Waals surface area contributed by atoms with E-state index < -0.39 is 0 Å². The summed E-state index contributed by atoms with van der Waals surface area (Å²) in [6.07, 6.45) is 5.66. The minimum Gasteiger partial charge on any atom is -0.495 e. The molecule has 0 aliphatic heterocycles. The summed E-state index contributed by atoms with van der Waals surface area (Å²) >= 11 is 6.12. The molecule has 1 heterocycles. The molecule has 1 aromatic heterocycles. The van der Waals surface area contributed by atoms with Gasteiger partial charge in [0.15, 0.2) is 0 Å². The number of anilines is 1. The lowest BCUT2D eigenvalue weighted by atomic mass is 10.2. The number of amides is 2. The third-order valence-electron chi connectivity index (χ3n) is 4.20. The van der Waals surface area contributed by atoms with Crippen LogP contribution in [0.15, 0.2) is 24.5 Å². The van der Waals surface area contributed by atoms with Crippen LogP contribution in [-0.4, -0.2) is 33.6 Å². The number of hydrogen-bond donors (Lipinski definition) is 1. The Bertz CT molecular complexity index is 755. The summed E-state index contributed by atoms with van der Waals surface area (Å²) in [7, 11) is 3.49. The molecule has 0 saturated heterocycles. The van der Waals surface area contributed by atoms with Gasteiger partial charge in [0.2, 0.25) is 0 Å². The van der Waals surface area contributed by atoms with Crippen LogP contribution in [0.4, 0.5) is 10.5 Å². The number of benzene rings is 1. The van der Waals surface area contributed by atoms with Crippen LogP contribution in [0.25, 0.3) is 0 Å². The lowest BCUT2D eigenvalue weighted by Gasteiger charge is -2.23. The van der Waals surface area contributed by atoms with E-state index in [1.165, 1.54) is 0 Å². The van der Waals surface area contributed by atoms with Crippen LogP contribution in [0.2, 0.25) is 5.02 Å². The molecule has 0 bridgehead atoms. The van der Waals surface area contributed by atoms with Gasteiger partial charge >= 0.3 is 6.03 Å². The monoisotopic (exact) mass is 348 g/mol. The Morgan fingerprint density at radius 2 is 2.25 bits per heavy atom. The first kappa shape index (κ1) is 16.6. The van der Waals surface area contributed by atoms with Crippen molar-refractivity contribution in [2.75, 3.05) is 12.4 Å². The SMILES string of the molecule is COc1cc(Cl)c(C)cc1NC(=O)N(Cc1nccn1C)C1CC1. The molecular weight excluding hydrogens is 328 g/mol. The van der Waals surface area contributed by atoms with Crippen molar-refractivity contribution in [3.8, 4) is 5.75 Å². The third kappa shape index (κ3) is 3.48. The average molecular weight is 349 g/mol. The first-order valence-corrected chi connectivity index (χ1v) is 8.25. The molecule has 1 N–H and O–H groups in total. The number of halogens is 1. The highest BCUT2D eigenvalue weighted by atomic mass is 35.5. The third-order valence-corrected chi connectivity index (χ3v) is 4.61. The molecule has 3 rings (SSSR count). The van der Waals surface area contributed by atoms with E-state index in [9.17, 15) is 4.79 Å². The van der Waals surface area contributed by atoms with E-state index in [0.29, 0.717) is 23.0 Å². The van der Waals surface area contributed by atoms with Crippen molar-refractivity contribution < 1.29 is 9.53 Å². The zero-order valence-electron chi connectivity index (χ0n) is 14.0. The highest BCUT2D eigenvalue weighted by Crippen LogP contribution is 2.33. The second-order valence-electron chi connectivity index (χ2n) is 6.05. The van der Waals surface area contributed by atoms with Crippen molar-refractivity contribution >= 4 is 23.3 Å². The Hall–Kier alpha value is -2.21. The number of imidazole rings is 1. The Labute approximate surface area is 146 Å². The van der Waals surface area contributed by atoms with Gasteiger partial charge in [-0.15, -0.1) is 0 Å². The van der Waals surface area contributed by atoms with E-state index in [1.54, 1.807) is 19.4 Å². The Kier molecular flexibility index (Phi) is 4.66. The predicted molar refractivity (Wildman–Crippen MR) is 93.5 cm³/mol. The van der Waals surface area contributed by atoms with Gasteiger partial charge in [-0.3, -0.25) is 0 Å². The molecule has 1 saturated carbocycles. The van der Waals surface area contributed by atoms with Gasteiger partial charge < -0.3 is 19.5 Å². The number of carbonyl (C=O) groups excluding carboxylic acids is 1. The summed E-state index contributed by atoms with van der Waals surface area (Å²) < 4.78 is 7.26. The van der Waals surface area contributed by atoms with E-state index in [2.05, 4.69) is 10.3 Å². The number of urea groups is 1. The Balaban J connectivity index is 1.79. The summed E-state index contributed by atoms with van der Waals surface area (Å²) in [6.45, 7) is 2.37. The molecule has 0 radical (unpaired) electrons. The number of aryl methyl sites for hydroxylation is 2. The summed E-state index contributed by atoms with van der Waals surface area (Å²) in [6, 6.07) is 3.65. The zero-order chi connectivity index (χ0) is 17.3. The highest BCUT2D eigenvalue weighted by molar-refractivity contribution is 6.31. The summed E-state index contributed by atoms with van der Waals surface area (Å²) in [4.78, 5) is 18.9. The molecular formula is C17H21ClN4O2. The number of methoxy groups -OCH3 is 1. The first-order chi connectivity index (χ1) is 11.5. The molecule has 0 atom stereocenters. The summed E-state index contributed by atoms with van der Waals surface area (Å²) in [5, 5.41) is 3.56. The first-order valence-electron chi connectivity index (χ1n) is 7.87. The second kappa shape index (κ2) is 6.73. The number of ether oxygens (including phenoxy) is 1. The topological polar surface area (TPSA) is 59.4 Å². The van der Waals surface area contributed by atoms with Gasteiger partial charge in [-0.05, 0) is 31.4 Å². The van der Waals surface area contributed by atoms with Gasteiger partial charge in [0.05, 0.1) is 19.3 Å². The molecule has 1 aromatic carbocycles. The standard InChI is InChI=1S/C17H21ClN4O2/c1-11-8-14(15(24-3)9-13(11)18)20-17(23)22(12-4-5-12)10-16-19-6-7-21(16)2/h6-9,12H,4-5,10H2,1-3H3,(H,20,23). The molecule has 7 heteroatoms. The van der Waals surface area contributed by atoms with Crippen molar-refractivity contribution in [2.24, 2.45) is 7.05 Å². The van der Waals surface area contributed by atoms with Crippen LogP contribution in [0, 0.1) is 6.92 Å². The second-order valence-corrected chi connectivity index (χ2v) is 6.45. The highest BCUT2D eigenvalue weighted by Gasteiger charge is 2.33. The van der Waals surface area contributed by atoms with Crippen LogP contribution in [0.1, 0.15) is 24.2 Å². The lowest BCUT2D eigenvalue weighted by Crippen LogP contribution is -2.37. The van der Waals surface area contributed by atoms with Crippen LogP contribution < -0.4 is 10.1 Å². The molecule has 6 nitrogen and oxygen atoms in total. The molecule has 128 valence electrons. The van der Waals surface area contributed by atoms with E-state index in [0.717, 1.165) is 24.2 Å². The lowest BCUT2D eigenvalue weighted by molar-refractivity contribution is 0.204. The van der Waals surface area contributed by atoms with Gasteiger partial charge in [-0.2, -0.15) is 0 Å². The molecule has 2 amide bonds. The van der Waals surface area contributed by atoms with Crippen molar-refractivity contribution in [1.29, 1.82) is 0 Å². The molecule has 1 aliphatic carbocycles. The fourth-order valence-electron chi connectivity index (χ4n) is 2.57. The number of nitrogens with zero attached hydrogens (tertiary/aromatic N) is 3. The quantitative estimate of drug-likeness (QED) is 0.898. The number of carbonyl (C=O) groups is 1. The number of aromatic nitrogens is 2. The van der Waals surface area contributed by atoms with Crippen molar-refractivity contribution in [2.45, 2.75) is 32.4 Å². The number of rotatable bonds is 5. The van der Waals surface area contributed by atoms with Crippen LogP contribution in [0.5, 0.6) is 5.75 Å². The molecule has 24 heavy (non-hydrogen) atoms. The smallest absolute Gasteiger partial charge is 0.322 e. The minimum atomic E-state index is -0.152. The molecule has 2 aromatic rings. The predicted octanol–water partition coefficient (Wildman–Crippen LogP) is 3.59. The molecule has 0 spiro atoms. The van der Waals surface area contributed by atoms with Gasteiger partial charge in [-0.1, -0.05) is 11.6 Å². The van der Waals surface area contributed by atoms with Gasteiger partial charge in [0.1, 0.15) is 11.6 Å².